The number of benzene rings is 1. The second-order valence-electron chi connectivity index (χ2n) is 5.41. The summed E-state index contributed by atoms with van der Waals surface area (Å²) in [6, 6.07) is 5.88. The summed E-state index contributed by atoms with van der Waals surface area (Å²) in [5, 5.41) is 0. The standard InChI is InChI=1S/C15H19NO3/c1-16(9-12-2-3-12)15(17)7-5-11-4-6-13-14(8-11)19-10-18-13/h4,6,8,12H,2-3,5,7,9-10H2,1H3. The molecule has 1 saturated carbocycles. The van der Waals surface area contributed by atoms with Crippen molar-refractivity contribution in [2.45, 2.75) is 25.7 Å². The number of carbonyl (C=O) groups excluding carboxylic acids is 1. The van der Waals surface area contributed by atoms with Crippen LogP contribution in [0.4, 0.5) is 0 Å². The molecule has 0 unspecified atom stereocenters. The molecule has 1 aliphatic heterocycles. The fourth-order valence-corrected chi connectivity index (χ4v) is 2.33. The van der Waals surface area contributed by atoms with Crippen LogP contribution < -0.4 is 9.47 Å². The summed E-state index contributed by atoms with van der Waals surface area (Å²) in [6.07, 6.45) is 3.87. The third-order valence-corrected chi connectivity index (χ3v) is 3.72. The summed E-state index contributed by atoms with van der Waals surface area (Å²) in [5.41, 5.74) is 1.12. The Kier molecular flexibility index (Phi) is 3.32. The number of rotatable bonds is 5. The largest absolute Gasteiger partial charge is 0.454 e. The van der Waals surface area contributed by atoms with Crippen molar-refractivity contribution in [2.75, 3.05) is 20.4 Å². The Morgan fingerprint density at radius 1 is 1.32 bits per heavy atom. The monoisotopic (exact) mass is 261 g/mol. The Morgan fingerprint density at radius 3 is 2.89 bits per heavy atom. The van der Waals surface area contributed by atoms with E-state index in [0.29, 0.717) is 13.2 Å². The van der Waals surface area contributed by atoms with Gasteiger partial charge in [-0.05, 0) is 42.9 Å². The minimum Gasteiger partial charge on any atom is -0.454 e. The molecule has 19 heavy (non-hydrogen) atoms. The van der Waals surface area contributed by atoms with Gasteiger partial charge in [-0.2, -0.15) is 0 Å². The molecule has 1 aromatic carbocycles. The van der Waals surface area contributed by atoms with Gasteiger partial charge in [-0.25, -0.2) is 0 Å². The Morgan fingerprint density at radius 2 is 2.11 bits per heavy atom. The van der Waals surface area contributed by atoms with Gasteiger partial charge >= 0.3 is 0 Å². The highest BCUT2D eigenvalue weighted by molar-refractivity contribution is 5.76. The fraction of sp³-hybridized carbons (Fsp3) is 0.533. The number of fused-ring (bicyclic) bond motifs is 1. The molecule has 0 bridgehead atoms. The van der Waals surface area contributed by atoms with Crippen molar-refractivity contribution in [3.63, 3.8) is 0 Å². The summed E-state index contributed by atoms with van der Waals surface area (Å²) in [6.45, 7) is 1.21. The first-order chi connectivity index (χ1) is 9.22. The summed E-state index contributed by atoms with van der Waals surface area (Å²) < 4.78 is 10.6. The molecule has 4 heteroatoms. The van der Waals surface area contributed by atoms with E-state index >= 15 is 0 Å². The zero-order chi connectivity index (χ0) is 13.2. The minimum absolute atomic E-state index is 0.226. The van der Waals surface area contributed by atoms with Crippen LogP contribution in [0.15, 0.2) is 18.2 Å². The van der Waals surface area contributed by atoms with E-state index in [1.807, 2.05) is 30.1 Å². The first-order valence-corrected chi connectivity index (χ1v) is 6.85. The average Bonchev–Trinajstić information content (AvgIpc) is 3.10. The molecule has 102 valence electrons. The van der Waals surface area contributed by atoms with Crippen LogP contribution >= 0.6 is 0 Å². The van der Waals surface area contributed by atoms with Crippen LogP contribution in [-0.2, 0) is 11.2 Å². The summed E-state index contributed by atoms with van der Waals surface area (Å²) in [7, 11) is 1.90. The lowest BCUT2D eigenvalue weighted by Crippen LogP contribution is -2.28. The van der Waals surface area contributed by atoms with Gasteiger partial charge in [0, 0.05) is 20.0 Å². The van der Waals surface area contributed by atoms with Crippen molar-refractivity contribution in [2.24, 2.45) is 5.92 Å². The molecular weight excluding hydrogens is 242 g/mol. The third kappa shape index (κ3) is 3.00. The second-order valence-corrected chi connectivity index (χ2v) is 5.41. The van der Waals surface area contributed by atoms with E-state index in [0.717, 1.165) is 35.9 Å². The normalized spacial score (nSPS) is 16.5. The van der Waals surface area contributed by atoms with Crippen molar-refractivity contribution in [1.82, 2.24) is 4.90 Å². The first kappa shape index (κ1) is 12.3. The van der Waals surface area contributed by atoms with Crippen molar-refractivity contribution in [3.05, 3.63) is 23.8 Å². The van der Waals surface area contributed by atoms with Crippen LogP contribution in [0.25, 0.3) is 0 Å². The van der Waals surface area contributed by atoms with Crippen LogP contribution in [0, 0.1) is 5.92 Å². The number of nitrogens with zero attached hydrogens (tertiary/aromatic N) is 1. The van der Waals surface area contributed by atoms with Crippen molar-refractivity contribution >= 4 is 5.91 Å². The zero-order valence-electron chi connectivity index (χ0n) is 11.2. The van der Waals surface area contributed by atoms with Crippen LogP contribution in [0.2, 0.25) is 0 Å². The SMILES string of the molecule is CN(CC1CC1)C(=O)CCc1ccc2c(c1)OCO2. The van der Waals surface area contributed by atoms with Gasteiger partial charge < -0.3 is 14.4 Å². The predicted molar refractivity (Wildman–Crippen MR) is 71.2 cm³/mol. The lowest BCUT2D eigenvalue weighted by Gasteiger charge is -2.16. The number of hydrogen-bond donors (Lipinski definition) is 0. The molecule has 1 fully saturated rings. The molecule has 0 spiro atoms. The first-order valence-electron chi connectivity index (χ1n) is 6.85. The topological polar surface area (TPSA) is 38.8 Å². The van der Waals surface area contributed by atoms with Gasteiger partial charge in [-0.15, -0.1) is 0 Å². The number of aryl methyl sites for hydroxylation is 1. The molecule has 1 aliphatic carbocycles. The Bertz CT molecular complexity index is 482. The molecule has 0 saturated heterocycles. The van der Waals surface area contributed by atoms with Crippen LogP contribution in [-0.4, -0.2) is 31.2 Å². The van der Waals surface area contributed by atoms with Crippen molar-refractivity contribution < 1.29 is 14.3 Å². The molecule has 1 heterocycles. The average molecular weight is 261 g/mol. The minimum atomic E-state index is 0.226. The van der Waals surface area contributed by atoms with Gasteiger partial charge in [0.1, 0.15) is 0 Å². The quantitative estimate of drug-likeness (QED) is 0.815. The molecule has 0 atom stereocenters. The fourth-order valence-electron chi connectivity index (χ4n) is 2.33. The van der Waals surface area contributed by atoms with E-state index in [9.17, 15) is 4.79 Å². The molecule has 0 radical (unpaired) electrons. The van der Waals surface area contributed by atoms with E-state index in [2.05, 4.69) is 0 Å². The maximum Gasteiger partial charge on any atom is 0.231 e. The van der Waals surface area contributed by atoms with Crippen molar-refractivity contribution in [3.8, 4) is 11.5 Å². The van der Waals surface area contributed by atoms with E-state index in [1.54, 1.807) is 0 Å². The van der Waals surface area contributed by atoms with E-state index < -0.39 is 0 Å². The highest BCUT2D eigenvalue weighted by atomic mass is 16.7. The number of amides is 1. The summed E-state index contributed by atoms with van der Waals surface area (Å²) in [4.78, 5) is 13.8. The second kappa shape index (κ2) is 5.11. The van der Waals surface area contributed by atoms with Crippen LogP contribution in [0.5, 0.6) is 11.5 Å². The van der Waals surface area contributed by atoms with E-state index in [4.69, 9.17) is 9.47 Å². The molecular formula is C15H19NO3. The molecule has 0 N–H and O–H groups in total. The van der Waals surface area contributed by atoms with Gasteiger partial charge in [0.2, 0.25) is 12.7 Å². The maximum absolute atomic E-state index is 12.0. The van der Waals surface area contributed by atoms with Crippen LogP contribution in [0.3, 0.4) is 0 Å². The highest BCUT2D eigenvalue weighted by Gasteiger charge is 2.24. The molecule has 0 aromatic heterocycles. The van der Waals surface area contributed by atoms with Crippen molar-refractivity contribution in [1.29, 1.82) is 0 Å². The van der Waals surface area contributed by atoms with Gasteiger partial charge in [-0.1, -0.05) is 6.07 Å². The van der Waals surface area contributed by atoms with Gasteiger partial charge in [-0.3, -0.25) is 4.79 Å². The Hall–Kier alpha value is -1.71. The lowest BCUT2D eigenvalue weighted by atomic mass is 10.1. The number of ether oxygens (including phenoxy) is 2. The zero-order valence-corrected chi connectivity index (χ0v) is 11.2. The maximum atomic E-state index is 12.0. The van der Waals surface area contributed by atoms with E-state index in [-0.39, 0.29) is 5.91 Å². The van der Waals surface area contributed by atoms with Gasteiger partial charge in [0.25, 0.3) is 0 Å². The Labute approximate surface area is 113 Å². The number of hydrogen-bond acceptors (Lipinski definition) is 3. The molecule has 1 aromatic rings. The predicted octanol–water partition coefficient (Wildman–Crippen LogP) is 2.22. The lowest BCUT2D eigenvalue weighted by molar-refractivity contribution is -0.130. The Balaban J connectivity index is 1.52. The summed E-state index contributed by atoms with van der Waals surface area (Å²) >= 11 is 0. The third-order valence-electron chi connectivity index (χ3n) is 3.72. The smallest absolute Gasteiger partial charge is 0.231 e. The number of carbonyl (C=O) groups is 1. The van der Waals surface area contributed by atoms with E-state index in [1.165, 1.54) is 12.8 Å². The van der Waals surface area contributed by atoms with Gasteiger partial charge in [0.15, 0.2) is 11.5 Å². The van der Waals surface area contributed by atoms with Crippen LogP contribution in [0.1, 0.15) is 24.8 Å². The highest BCUT2D eigenvalue weighted by Crippen LogP contribution is 2.33. The molecule has 1 amide bonds. The molecule has 2 aliphatic rings. The summed E-state index contributed by atoms with van der Waals surface area (Å²) in [5.74, 6) is 2.56. The molecule has 4 nitrogen and oxygen atoms in total. The molecule has 3 rings (SSSR count). The van der Waals surface area contributed by atoms with Gasteiger partial charge in [0.05, 0.1) is 0 Å².